The molecule has 0 aromatic rings. The zero-order chi connectivity index (χ0) is 12.7. The Morgan fingerprint density at radius 3 is 1.33 bits per heavy atom. The number of alkyl halides is 3. The number of aliphatic hydroxyl groups excluding tert-OH is 3. The van der Waals surface area contributed by atoms with Gasteiger partial charge in [-0.25, -0.2) is 0 Å². The van der Waals surface area contributed by atoms with Crippen LogP contribution in [-0.2, 0) is 4.79 Å². The summed E-state index contributed by atoms with van der Waals surface area (Å²) < 4.78 is 32.1. The lowest BCUT2D eigenvalue weighted by Crippen LogP contribution is -2.50. The van der Waals surface area contributed by atoms with Crippen molar-refractivity contribution in [3.63, 3.8) is 0 Å². The summed E-state index contributed by atoms with van der Waals surface area (Å²) >= 11 is 0. The second-order valence-corrected chi connectivity index (χ2v) is 2.70. The summed E-state index contributed by atoms with van der Waals surface area (Å²) in [6.45, 7) is -1.21. The van der Waals surface area contributed by atoms with Gasteiger partial charge >= 0.3 is 6.18 Å². The quantitative estimate of drug-likeness (QED) is 0.415. The zero-order valence-corrected chi connectivity index (χ0v) is 7.66. The van der Waals surface area contributed by atoms with Crippen LogP contribution in [0.4, 0.5) is 13.2 Å². The fraction of sp³-hybridized carbons (Fsp3) is 0.833. The van der Waals surface area contributed by atoms with Gasteiger partial charge in [0.25, 0.3) is 0 Å². The second-order valence-electron chi connectivity index (χ2n) is 2.70. The Labute approximate surface area is 85.1 Å². The molecule has 88 valence electrons. The predicted molar refractivity (Wildman–Crippen MR) is 45.0 cm³/mol. The van der Waals surface area contributed by atoms with Gasteiger partial charge in [-0.1, -0.05) is 0 Å². The largest absolute Gasteiger partial charge is 0.438 e. The molecule has 5 nitrogen and oxygen atoms in total. The lowest BCUT2D eigenvalue weighted by atomic mass is 10.0. The minimum absolute atomic E-state index is 0.403. The van der Waals surface area contributed by atoms with Crippen LogP contribution in [-0.4, -0.2) is 60.4 Å². The smallest absolute Gasteiger partial charge is 0.394 e. The van der Waals surface area contributed by atoms with Gasteiger partial charge in [0, 0.05) is 0 Å². The molecular weight excluding hydrogens is 218 g/mol. The highest BCUT2D eigenvalue weighted by molar-refractivity contribution is 6.59. The Kier molecular flexibility index (Phi) is 7.58. The molecule has 0 aromatic heterocycles. The molecule has 0 saturated carbocycles. The van der Waals surface area contributed by atoms with Crippen molar-refractivity contribution < 1.29 is 33.3 Å². The molecular formula is C6H11BF3NO4. The number of nitrogens with two attached hydrogens (primary N) is 1. The average molecular weight is 229 g/mol. The van der Waals surface area contributed by atoms with Crippen LogP contribution in [0, 0.1) is 0 Å². The third kappa shape index (κ3) is 8.37. The minimum atomic E-state index is -4.86. The van der Waals surface area contributed by atoms with Crippen LogP contribution >= 0.6 is 0 Å². The second kappa shape index (κ2) is 6.78. The summed E-state index contributed by atoms with van der Waals surface area (Å²) in [6, 6.07) is 0. The maximum atomic E-state index is 10.7. The molecule has 0 aromatic carbocycles. The standard InChI is InChI=1S/C4H11NO3.C2BF3O/c5-4(1-6,2-7)3-8;3-1(7)2(4,5)6/h6-8H,1-3,5H2;. The molecule has 0 fully saturated rings. The average Bonchev–Trinajstić information content (AvgIpc) is 2.16. The SMILES string of the molecule is NC(CO)(CO)CO.[B]C(=O)C(F)(F)F. The lowest BCUT2D eigenvalue weighted by Gasteiger charge is -2.20. The van der Waals surface area contributed by atoms with Crippen molar-refractivity contribution in [1.82, 2.24) is 0 Å². The first-order valence-corrected chi connectivity index (χ1v) is 3.61. The number of aliphatic hydroxyl groups is 3. The highest BCUT2D eigenvalue weighted by Crippen LogP contribution is 2.12. The molecule has 0 atom stereocenters. The van der Waals surface area contributed by atoms with Crippen LogP contribution < -0.4 is 5.73 Å². The molecule has 9 heteroatoms. The van der Waals surface area contributed by atoms with Crippen molar-refractivity contribution in [2.45, 2.75) is 11.7 Å². The normalized spacial score (nSPS) is 11.7. The van der Waals surface area contributed by atoms with Crippen LogP contribution in [0.25, 0.3) is 0 Å². The van der Waals surface area contributed by atoms with Crippen molar-refractivity contribution in [3.8, 4) is 0 Å². The summed E-state index contributed by atoms with van der Waals surface area (Å²) in [5.41, 5.74) is 1.68. The van der Waals surface area contributed by atoms with Gasteiger partial charge in [-0.05, 0) is 0 Å². The van der Waals surface area contributed by atoms with Crippen molar-refractivity contribution in [2.24, 2.45) is 5.73 Å². The van der Waals surface area contributed by atoms with Gasteiger partial charge in [-0.3, -0.25) is 0 Å². The third-order valence-electron chi connectivity index (χ3n) is 1.22. The van der Waals surface area contributed by atoms with E-state index in [0.29, 0.717) is 0 Å². The maximum absolute atomic E-state index is 10.7. The fourth-order valence-corrected chi connectivity index (χ4v) is 0.150. The summed E-state index contributed by atoms with van der Waals surface area (Å²) in [5, 5.41) is 25.0. The molecule has 0 amide bonds. The molecule has 0 rings (SSSR count). The number of halogens is 3. The maximum Gasteiger partial charge on any atom is 0.438 e. The Bertz CT molecular complexity index is 187. The van der Waals surface area contributed by atoms with Gasteiger partial charge in [0.1, 0.15) is 0 Å². The van der Waals surface area contributed by atoms with E-state index < -0.39 is 37.2 Å². The van der Waals surface area contributed by atoms with Crippen LogP contribution in [0.1, 0.15) is 0 Å². The summed E-state index contributed by atoms with van der Waals surface area (Å²) in [7, 11) is 3.81. The molecule has 0 aliphatic rings. The molecule has 15 heavy (non-hydrogen) atoms. The Balaban J connectivity index is 0. The van der Waals surface area contributed by atoms with E-state index in [1.165, 1.54) is 0 Å². The topological polar surface area (TPSA) is 104 Å². The first-order chi connectivity index (χ1) is 6.63. The number of carbonyl (C=O) groups is 1. The molecule has 0 saturated heterocycles. The molecule has 0 heterocycles. The van der Waals surface area contributed by atoms with E-state index >= 15 is 0 Å². The summed E-state index contributed by atoms with van der Waals surface area (Å²) in [4.78, 5) is 9.12. The molecule has 2 radical (unpaired) electrons. The zero-order valence-electron chi connectivity index (χ0n) is 7.66. The van der Waals surface area contributed by atoms with Gasteiger partial charge in [0.05, 0.1) is 25.4 Å². The van der Waals surface area contributed by atoms with Crippen molar-refractivity contribution in [1.29, 1.82) is 0 Å². The van der Waals surface area contributed by atoms with Gasteiger partial charge in [0.2, 0.25) is 0 Å². The van der Waals surface area contributed by atoms with Gasteiger partial charge in [-0.15, -0.1) is 0 Å². The van der Waals surface area contributed by atoms with Gasteiger partial charge in [0.15, 0.2) is 13.5 Å². The van der Waals surface area contributed by atoms with Gasteiger partial charge < -0.3 is 25.8 Å². The monoisotopic (exact) mass is 229 g/mol. The molecule has 0 aliphatic heterocycles. The summed E-state index contributed by atoms with van der Waals surface area (Å²) in [5.74, 6) is 0. The van der Waals surface area contributed by atoms with Crippen molar-refractivity contribution >= 4 is 13.5 Å². The van der Waals surface area contributed by atoms with Crippen LogP contribution in [0.3, 0.4) is 0 Å². The summed E-state index contributed by atoms with van der Waals surface area (Å²) in [6.07, 6.45) is -4.86. The van der Waals surface area contributed by atoms with Crippen molar-refractivity contribution in [2.75, 3.05) is 19.8 Å². The highest BCUT2D eigenvalue weighted by Gasteiger charge is 2.32. The molecule has 0 unspecified atom stereocenters. The molecule has 5 N–H and O–H groups in total. The van der Waals surface area contributed by atoms with Crippen LogP contribution in [0.15, 0.2) is 0 Å². The van der Waals surface area contributed by atoms with E-state index in [1.807, 2.05) is 0 Å². The number of hydrogen-bond acceptors (Lipinski definition) is 5. The number of rotatable bonds is 3. The lowest BCUT2D eigenvalue weighted by molar-refractivity contribution is -0.161. The first-order valence-electron chi connectivity index (χ1n) is 3.61. The van der Waals surface area contributed by atoms with E-state index in [4.69, 9.17) is 25.8 Å². The van der Waals surface area contributed by atoms with E-state index in [9.17, 15) is 13.2 Å². The Hall–Kier alpha value is -0.635. The predicted octanol–water partition coefficient (Wildman–Crippen LogP) is -2.10. The Morgan fingerprint density at radius 2 is 1.33 bits per heavy atom. The minimum Gasteiger partial charge on any atom is -0.394 e. The van der Waals surface area contributed by atoms with E-state index in [1.54, 1.807) is 0 Å². The number of hydrogen-bond donors (Lipinski definition) is 4. The van der Waals surface area contributed by atoms with E-state index in [-0.39, 0.29) is 0 Å². The van der Waals surface area contributed by atoms with E-state index in [0.717, 1.165) is 0 Å². The van der Waals surface area contributed by atoms with Crippen molar-refractivity contribution in [3.05, 3.63) is 0 Å². The third-order valence-corrected chi connectivity index (χ3v) is 1.22. The molecule has 0 aliphatic carbocycles. The van der Waals surface area contributed by atoms with Gasteiger partial charge in [-0.2, -0.15) is 13.2 Å². The molecule has 0 bridgehead atoms. The molecule has 0 spiro atoms. The first kappa shape index (κ1) is 16.8. The van der Waals surface area contributed by atoms with Crippen LogP contribution in [0.2, 0.25) is 0 Å². The number of carbonyl (C=O) groups excluding carboxylic acids is 1. The Morgan fingerprint density at radius 1 is 1.13 bits per heavy atom. The van der Waals surface area contributed by atoms with E-state index in [2.05, 4.69) is 7.85 Å². The fourth-order valence-electron chi connectivity index (χ4n) is 0.150. The van der Waals surface area contributed by atoms with Crippen LogP contribution in [0.5, 0.6) is 0 Å². The highest BCUT2D eigenvalue weighted by atomic mass is 19.4.